The number of allylic oxidation sites excluding steroid dienone is 2. The summed E-state index contributed by atoms with van der Waals surface area (Å²) in [6, 6.07) is 14.6. The fraction of sp³-hybridized carbons (Fsp3) is 0.424. The van der Waals surface area contributed by atoms with Gasteiger partial charge in [-0.1, -0.05) is 48.6 Å². The van der Waals surface area contributed by atoms with Gasteiger partial charge in [0.25, 0.3) is 0 Å². The molecule has 2 atom stereocenters. The maximum Gasteiger partial charge on any atom is 0.312 e. The number of terminal acetylenes is 1. The van der Waals surface area contributed by atoms with Gasteiger partial charge in [0.1, 0.15) is 12.4 Å². The van der Waals surface area contributed by atoms with Crippen molar-refractivity contribution in [3.8, 4) is 18.1 Å². The Morgan fingerprint density at radius 3 is 2.65 bits per heavy atom. The Bertz CT molecular complexity index is 1180. The molecule has 0 aromatic heterocycles. The lowest BCUT2D eigenvalue weighted by molar-refractivity contribution is -0.154. The molecule has 0 amide bonds. The number of methoxy groups -OCH3 is 1. The van der Waals surface area contributed by atoms with Gasteiger partial charge in [-0.05, 0) is 85.9 Å². The van der Waals surface area contributed by atoms with Crippen molar-refractivity contribution in [1.82, 2.24) is 0 Å². The minimum Gasteiger partial charge on any atom is -0.497 e. The smallest absolute Gasteiger partial charge is 0.312 e. The molecule has 4 nitrogen and oxygen atoms in total. The molecule has 0 heterocycles. The molecule has 0 fully saturated rings. The number of esters is 1. The van der Waals surface area contributed by atoms with Crippen LogP contribution < -0.4 is 4.74 Å². The molecule has 0 bridgehead atoms. The zero-order valence-corrected chi connectivity index (χ0v) is 22.3. The summed E-state index contributed by atoms with van der Waals surface area (Å²) >= 11 is 0. The predicted molar refractivity (Wildman–Crippen MR) is 147 cm³/mol. The predicted octanol–water partition coefficient (Wildman–Crippen LogP) is 7.24. The normalized spacial score (nSPS) is 17.5. The second-order valence-corrected chi connectivity index (χ2v) is 10.5. The largest absolute Gasteiger partial charge is 0.497 e. The third kappa shape index (κ3) is 6.53. The van der Waals surface area contributed by atoms with Gasteiger partial charge in [0.15, 0.2) is 0 Å². The van der Waals surface area contributed by atoms with E-state index in [1.807, 2.05) is 44.2 Å². The third-order valence-corrected chi connectivity index (χ3v) is 7.62. The van der Waals surface area contributed by atoms with Gasteiger partial charge >= 0.3 is 5.97 Å². The van der Waals surface area contributed by atoms with Crippen LogP contribution in [-0.2, 0) is 27.3 Å². The first-order chi connectivity index (χ1) is 17.9. The maximum atomic E-state index is 13.3. The molecule has 0 aliphatic heterocycles. The number of hydrogen-bond donors (Lipinski definition) is 0. The van der Waals surface area contributed by atoms with Gasteiger partial charge in [-0.15, -0.1) is 12.3 Å². The fourth-order valence-electron chi connectivity index (χ4n) is 5.32. The van der Waals surface area contributed by atoms with Gasteiger partial charge in [0.2, 0.25) is 0 Å². The Hall–Kier alpha value is -3.29. The summed E-state index contributed by atoms with van der Waals surface area (Å²) in [6.07, 6.45) is 17.3. The first kappa shape index (κ1) is 26.8. The van der Waals surface area contributed by atoms with E-state index < -0.39 is 5.41 Å². The Morgan fingerprint density at radius 2 is 1.95 bits per heavy atom. The second kappa shape index (κ2) is 12.3. The van der Waals surface area contributed by atoms with Crippen LogP contribution in [0.1, 0.15) is 80.2 Å². The van der Waals surface area contributed by atoms with Crippen LogP contribution in [0.15, 0.2) is 66.3 Å². The molecule has 2 aliphatic carbocycles. The van der Waals surface area contributed by atoms with E-state index in [-0.39, 0.29) is 18.0 Å². The van der Waals surface area contributed by atoms with Crippen molar-refractivity contribution in [2.24, 2.45) is 5.41 Å². The van der Waals surface area contributed by atoms with E-state index in [1.54, 1.807) is 7.11 Å². The highest BCUT2D eigenvalue weighted by molar-refractivity contribution is 5.77. The summed E-state index contributed by atoms with van der Waals surface area (Å²) < 4.78 is 17.4. The summed E-state index contributed by atoms with van der Waals surface area (Å²) in [5, 5.41) is 0. The van der Waals surface area contributed by atoms with Gasteiger partial charge in [-0.2, -0.15) is 0 Å². The summed E-state index contributed by atoms with van der Waals surface area (Å²) in [5.74, 6) is 3.36. The fourth-order valence-corrected chi connectivity index (χ4v) is 5.32. The van der Waals surface area contributed by atoms with E-state index in [0.717, 1.165) is 54.6 Å². The molecule has 4 heteroatoms. The van der Waals surface area contributed by atoms with E-state index in [2.05, 4.69) is 36.3 Å². The second-order valence-electron chi connectivity index (χ2n) is 10.5. The summed E-state index contributed by atoms with van der Waals surface area (Å²) in [5.41, 5.74) is 5.11. The molecule has 2 aromatic rings. The quantitative estimate of drug-likeness (QED) is 0.242. The number of rotatable bonds is 11. The molecule has 0 saturated heterocycles. The minimum atomic E-state index is -0.720. The Labute approximate surface area is 221 Å². The van der Waals surface area contributed by atoms with Gasteiger partial charge in [0.05, 0.1) is 25.2 Å². The van der Waals surface area contributed by atoms with Crippen LogP contribution in [0, 0.1) is 17.8 Å². The zero-order chi connectivity index (χ0) is 26.3. The van der Waals surface area contributed by atoms with Gasteiger partial charge < -0.3 is 14.2 Å². The summed E-state index contributed by atoms with van der Waals surface area (Å²) in [6.45, 7) is 4.81. The first-order valence-electron chi connectivity index (χ1n) is 13.3. The van der Waals surface area contributed by atoms with Gasteiger partial charge in [-0.25, -0.2) is 0 Å². The van der Waals surface area contributed by atoms with Crippen LogP contribution in [0.4, 0.5) is 0 Å². The van der Waals surface area contributed by atoms with Crippen LogP contribution in [0.3, 0.4) is 0 Å². The Kier molecular flexibility index (Phi) is 8.90. The molecule has 0 N–H and O–H groups in total. The number of hydrogen-bond acceptors (Lipinski definition) is 4. The molecule has 4 rings (SSSR count). The maximum absolute atomic E-state index is 13.3. The van der Waals surface area contributed by atoms with E-state index >= 15 is 0 Å². The molecule has 2 aromatic carbocycles. The molecule has 2 aliphatic rings. The molecule has 0 radical (unpaired) electrons. The Balaban J connectivity index is 1.49. The summed E-state index contributed by atoms with van der Waals surface area (Å²) in [4.78, 5) is 13.3. The van der Waals surface area contributed by atoms with Crippen LogP contribution in [0.2, 0.25) is 0 Å². The minimum absolute atomic E-state index is 0.0328. The molecule has 2 unspecified atom stereocenters. The third-order valence-electron chi connectivity index (χ3n) is 7.62. The van der Waals surface area contributed by atoms with Crippen LogP contribution >= 0.6 is 0 Å². The van der Waals surface area contributed by atoms with Crippen LogP contribution in [0.25, 0.3) is 0 Å². The number of carbonyl (C=O) groups is 1. The van der Waals surface area contributed by atoms with Crippen molar-refractivity contribution in [3.63, 3.8) is 0 Å². The molecular formula is C33H38O4. The van der Waals surface area contributed by atoms with Crippen molar-refractivity contribution in [2.45, 2.75) is 71.0 Å². The number of ether oxygens (including phenoxy) is 3. The molecular weight excluding hydrogens is 460 g/mol. The highest BCUT2D eigenvalue weighted by Crippen LogP contribution is 2.43. The summed E-state index contributed by atoms with van der Waals surface area (Å²) in [7, 11) is 1.67. The number of benzene rings is 2. The van der Waals surface area contributed by atoms with Gasteiger partial charge in [-0.3, -0.25) is 4.79 Å². The average molecular weight is 499 g/mol. The highest BCUT2D eigenvalue weighted by Gasteiger charge is 2.39. The van der Waals surface area contributed by atoms with Crippen molar-refractivity contribution >= 4 is 5.97 Å². The average Bonchev–Trinajstić information content (AvgIpc) is 3.33. The van der Waals surface area contributed by atoms with Crippen molar-refractivity contribution in [3.05, 3.63) is 88.5 Å². The van der Waals surface area contributed by atoms with Crippen molar-refractivity contribution in [2.75, 3.05) is 13.7 Å². The number of fused-ring (bicyclic) bond motifs is 1. The zero-order valence-electron chi connectivity index (χ0n) is 22.3. The topological polar surface area (TPSA) is 44.8 Å². The van der Waals surface area contributed by atoms with Crippen molar-refractivity contribution in [1.29, 1.82) is 0 Å². The lowest BCUT2D eigenvalue weighted by atomic mass is 9.72. The van der Waals surface area contributed by atoms with E-state index in [0.29, 0.717) is 19.6 Å². The van der Waals surface area contributed by atoms with Crippen molar-refractivity contribution < 1.29 is 19.0 Å². The van der Waals surface area contributed by atoms with Crippen LogP contribution in [0.5, 0.6) is 5.75 Å². The molecule has 194 valence electrons. The van der Waals surface area contributed by atoms with E-state index in [4.69, 9.17) is 20.6 Å². The molecule has 37 heavy (non-hydrogen) atoms. The number of carbonyl (C=O) groups excluding carboxylic acids is 1. The monoisotopic (exact) mass is 498 g/mol. The van der Waals surface area contributed by atoms with Gasteiger partial charge in [0, 0.05) is 12.3 Å². The Morgan fingerprint density at radius 1 is 1.14 bits per heavy atom. The standard InChI is InChI=1S/C33H38O4/c1-5-6-12-30(33(2,3)32(34)37-23-24-10-8-7-9-11-24)27-16-15-26-17-20-31(29(26)21-27)36-22-25-13-18-28(35-4)19-14-25/h1,8,10-11,13-16,18-19,21,30-31H,6-7,9,12,17,20,22-23H2,2-4H3. The molecule has 0 saturated carbocycles. The van der Waals surface area contributed by atoms with E-state index in [9.17, 15) is 4.79 Å². The molecule has 0 spiro atoms. The van der Waals surface area contributed by atoms with Crippen LogP contribution in [-0.4, -0.2) is 19.7 Å². The SMILES string of the molecule is C#CCCC(c1ccc2c(c1)C(OCc1ccc(OC)cc1)CC2)C(C)(C)C(=O)OCC1=CCCC=C1. The highest BCUT2D eigenvalue weighted by atomic mass is 16.5. The number of aryl methyl sites for hydroxylation is 1. The first-order valence-corrected chi connectivity index (χ1v) is 13.3. The lowest BCUT2D eigenvalue weighted by Gasteiger charge is -2.33. The van der Waals surface area contributed by atoms with E-state index in [1.165, 1.54) is 11.1 Å². The lowest BCUT2D eigenvalue weighted by Crippen LogP contribution is -2.34.